The fraction of sp³-hybridized carbons (Fsp3) is 0.818. The van der Waals surface area contributed by atoms with Crippen molar-refractivity contribution in [3.8, 4) is 0 Å². The number of alkyl halides is 8. The molecule has 0 aromatic rings. The van der Waals surface area contributed by atoms with Gasteiger partial charge in [0.15, 0.2) is 0 Å². The van der Waals surface area contributed by atoms with Gasteiger partial charge in [-0.15, -0.1) is 6.58 Å². The zero-order valence-electron chi connectivity index (χ0n) is 9.92. The lowest BCUT2D eigenvalue weighted by Crippen LogP contribution is -2.54. The maximum absolute atomic E-state index is 13.4. The standard InChI is InChI=1S/C11H14F7I/c1-2-3-4-5-6-8(19)7-9(12,10(13,14)15)11(16,17)18/h2,8H,1,3-7H2. The molecule has 0 aromatic carbocycles. The van der Waals surface area contributed by atoms with Crippen molar-refractivity contribution in [1.82, 2.24) is 0 Å². The molecule has 0 fully saturated rings. The van der Waals surface area contributed by atoms with E-state index >= 15 is 0 Å². The largest absolute Gasteiger partial charge is 0.431 e. The van der Waals surface area contributed by atoms with Crippen molar-refractivity contribution in [1.29, 1.82) is 0 Å². The molecule has 0 saturated carbocycles. The smallest absolute Gasteiger partial charge is 0.224 e. The Morgan fingerprint density at radius 3 is 1.79 bits per heavy atom. The molecule has 0 amide bonds. The van der Waals surface area contributed by atoms with Gasteiger partial charge in [-0.3, -0.25) is 0 Å². The van der Waals surface area contributed by atoms with Crippen molar-refractivity contribution < 1.29 is 30.7 Å². The molecule has 0 heterocycles. The first-order valence-corrected chi connectivity index (χ1v) is 6.77. The highest BCUT2D eigenvalue weighted by atomic mass is 127. The van der Waals surface area contributed by atoms with Crippen LogP contribution in [0.25, 0.3) is 0 Å². The lowest BCUT2D eigenvalue weighted by atomic mass is 9.96. The van der Waals surface area contributed by atoms with E-state index in [1.807, 2.05) is 0 Å². The normalized spacial score (nSPS) is 15.4. The molecule has 0 rings (SSSR count). The summed E-state index contributed by atoms with van der Waals surface area (Å²) in [4.78, 5) is 0. The van der Waals surface area contributed by atoms with Crippen molar-refractivity contribution >= 4 is 22.6 Å². The maximum Gasteiger partial charge on any atom is 0.431 e. The highest BCUT2D eigenvalue weighted by molar-refractivity contribution is 14.1. The van der Waals surface area contributed by atoms with Crippen molar-refractivity contribution in [2.45, 2.75) is 54.1 Å². The SMILES string of the molecule is C=CCCCCC(I)CC(F)(C(F)(F)F)C(F)(F)F. The molecule has 1 unspecified atom stereocenters. The summed E-state index contributed by atoms with van der Waals surface area (Å²) in [5.41, 5.74) is -5.13. The number of hydrogen-bond donors (Lipinski definition) is 0. The molecule has 114 valence electrons. The van der Waals surface area contributed by atoms with Crippen molar-refractivity contribution in [3.05, 3.63) is 12.7 Å². The Labute approximate surface area is 120 Å². The van der Waals surface area contributed by atoms with Gasteiger partial charge >= 0.3 is 12.4 Å². The highest BCUT2D eigenvalue weighted by Gasteiger charge is 2.72. The predicted octanol–water partition coefficient (Wildman–Crippen LogP) is 5.76. The third-order valence-electron chi connectivity index (χ3n) is 2.58. The fourth-order valence-corrected chi connectivity index (χ4v) is 2.50. The molecular formula is C11H14F7I. The van der Waals surface area contributed by atoms with E-state index in [2.05, 4.69) is 6.58 Å². The van der Waals surface area contributed by atoms with Gasteiger partial charge < -0.3 is 0 Å². The first kappa shape index (κ1) is 19.0. The molecule has 1 atom stereocenters. The molecule has 0 radical (unpaired) electrons. The van der Waals surface area contributed by atoms with E-state index < -0.39 is 28.4 Å². The van der Waals surface area contributed by atoms with Gasteiger partial charge in [0.2, 0.25) is 0 Å². The van der Waals surface area contributed by atoms with E-state index in [1.54, 1.807) is 6.08 Å². The average Bonchev–Trinajstić information content (AvgIpc) is 2.21. The number of rotatable bonds is 7. The highest BCUT2D eigenvalue weighted by Crippen LogP contribution is 2.50. The lowest BCUT2D eigenvalue weighted by molar-refractivity contribution is -0.342. The van der Waals surface area contributed by atoms with Crippen molar-refractivity contribution in [2.75, 3.05) is 0 Å². The van der Waals surface area contributed by atoms with Gasteiger partial charge in [-0.2, -0.15) is 26.3 Å². The summed E-state index contributed by atoms with van der Waals surface area (Å²) in [6, 6.07) is 0. The minimum atomic E-state index is -5.95. The van der Waals surface area contributed by atoms with Crippen LogP contribution in [0, 0.1) is 0 Å². The lowest BCUT2D eigenvalue weighted by Gasteiger charge is -2.31. The second-order valence-corrected chi connectivity index (χ2v) is 5.93. The molecule has 0 bridgehead atoms. The topological polar surface area (TPSA) is 0 Å². The van der Waals surface area contributed by atoms with Crippen LogP contribution in [0.5, 0.6) is 0 Å². The third kappa shape index (κ3) is 5.47. The molecule has 0 aromatic heterocycles. The average molecular weight is 406 g/mol. The number of halogens is 8. The Morgan fingerprint density at radius 1 is 0.947 bits per heavy atom. The van der Waals surface area contributed by atoms with Gasteiger partial charge in [-0.05, 0) is 19.3 Å². The second kappa shape index (κ2) is 7.12. The molecule has 0 aliphatic rings. The molecule has 0 nitrogen and oxygen atoms in total. The first-order valence-electron chi connectivity index (χ1n) is 5.53. The molecule has 0 spiro atoms. The number of allylic oxidation sites excluding steroid dienone is 1. The second-order valence-electron chi connectivity index (χ2n) is 4.17. The summed E-state index contributed by atoms with van der Waals surface area (Å²) in [7, 11) is 0. The maximum atomic E-state index is 13.4. The van der Waals surface area contributed by atoms with Gasteiger partial charge in [0.25, 0.3) is 5.67 Å². The summed E-state index contributed by atoms with van der Waals surface area (Å²) in [5, 5.41) is 0. The Bertz CT molecular complexity index is 268. The van der Waals surface area contributed by atoms with Gasteiger partial charge in [-0.25, -0.2) is 4.39 Å². The Morgan fingerprint density at radius 2 is 1.42 bits per heavy atom. The Balaban J connectivity index is 4.64. The van der Waals surface area contributed by atoms with Crippen LogP contribution < -0.4 is 0 Å². The van der Waals surface area contributed by atoms with Crippen LogP contribution in [0.15, 0.2) is 12.7 Å². The molecular weight excluding hydrogens is 392 g/mol. The summed E-state index contributed by atoms with van der Waals surface area (Å²) in [6.45, 7) is 3.44. The van der Waals surface area contributed by atoms with Crippen LogP contribution in [-0.4, -0.2) is 21.9 Å². The monoisotopic (exact) mass is 406 g/mol. The molecule has 0 N–H and O–H groups in total. The van der Waals surface area contributed by atoms with E-state index in [1.165, 1.54) is 22.6 Å². The van der Waals surface area contributed by atoms with Crippen LogP contribution in [0.3, 0.4) is 0 Å². The van der Waals surface area contributed by atoms with E-state index in [-0.39, 0.29) is 6.42 Å². The molecule has 19 heavy (non-hydrogen) atoms. The van der Waals surface area contributed by atoms with Crippen LogP contribution in [0.1, 0.15) is 32.1 Å². The van der Waals surface area contributed by atoms with Gasteiger partial charge in [-0.1, -0.05) is 35.1 Å². The molecule has 0 aliphatic heterocycles. The van der Waals surface area contributed by atoms with Gasteiger partial charge in [0, 0.05) is 10.3 Å². The quantitative estimate of drug-likeness (QED) is 0.166. The van der Waals surface area contributed by atoms with E-state index in [9.17, 15) is 30.7 Å². The van der Waals surface area contributed by atoms with Crippen molar-refractivity contribution in [2.24, 2.45) is 0 Å². The van der Waals surface area contributed by atoms with Gasteiger partial charge in [0.1, 0.15) is 0 Å². The summed E-state index contributed by atoms with van der Waals surface area (Å²) >= 11 is 1.43. The third-order valence-corrected chi connectivity index (χ3v) is 3.64. The van der Waals surface area contributed by atoms with Crippen LogP contribution in [0.4, 0.5) is 30.7 Å². The molecule has 0 saturated heterocycles. The fourth-order valence-electron chi connectivity index (χ4n) is 1.45. The van der Waals surface area contributed by atoms with E-state index in [4.69, 9.17) is 0 Å². The summed E-state index contributed by atoms with van der Waals surface area (Å²) in [6.07, 6.45) is -10.1. The minimum Gasteiger partial charge on any atom is -0.224 e. The molecule has 0 aliphatic carbocycles. The molecule has 8 heteroatoms. The Kier molecular flexibility index (Phi) is 7.11. The van der Waals surface area contributed by atoms with Crippen LogP contribution >= 0.6 is 22.6 Å². The van der Waals surface area contributed by atoms with Crippen molar-refractivity contribution in [3.63, 3.8) is 0 Å². The minimum absolute atomic E-state index is 0.103. The number of hydrogen-bond acceptors (Lipinski definition) is 0. The summed E-state index contributed by atoms with van der Waals surface area (Å²) < 4.78 is 86.1. The van der Waals surface area contributed by atoms with Gasteiger partial charge in [0.05, 0.1) is 0 Å². The van der Waals surface area contributed by atoms with E-state index in [0.29, 0.717) is 19.3 Å². The zero-order valence-corrected chi connectivity index (χ0v) is 12.1. The predicted molar refractivity (Wildman–Crippen MR) is 67.0 cm³/mol. The summed E-state index contributed by atoms with van der Waals surface area (Å²) in [5.74, 6) is 0. The Hall–Kier alpha value is -0.0200. The number of unbranched alkanes of at least 4 members (excludes halogenated alkanes) is 2. The first-order chi connectivity index (χ1) is 8.45. The van der Waals surface area contributed by atoms with Crippen LogP contribution in [-0.2, 0) is 0 Å². The van der Waals surface area contributed by atoms with E-state index in [0.717, 1.165) is 0 Å². The zero-order chi connectivity index (χ0) is 15.3. The van der Waals surface area contributed by atoms with Crippen LogP contribution in [0.2, 0.25) is 0 Å².